The molecule has 0 fully saturated rings. The van der Waals surface area contributed by atoms with E-state index >= 15 is 0 Å². The van der Waals surface area contributed by atoms with E-state index in [1.165, 1.54) is 16.7 Å². The minimum atomic E-state index is 0.700. The SMILES string of the molecule is CC=C(C)c1nc(-c2ccc(-c3ccc(-c4ccccc4)cc3)cc2)nc2c1oc1ccccc12. The van der Waals surface area contributed by atoms with Gasteiger partial charge in [0.15, 0.2) is 11.4 Å². The Morgan fingerprint density at radius 3 is 1.80 bits per heavy atom. The first-order chi connectivity index (χ1) is 17.2. The summed E-state index contributed by atoms with van der Waals surface area (Å²) in [6.07, 6.45) is 2.06. The van der Waals surface area contributed by atoms with Gasteiger partial charge in [0.2, 0.25) is 0 Å². The molecule has 6 rings (SSSR count). The molecule has 3 heteroatoms. The van der Waals surface area contributed by atoms with Crippen molar-refractivity contribution in [3.63, 3.8) is 0 Å². The van der Waals surface area contributed by atoms with E-state index in [1.54, 1.807) is 0 Å². The molecule has 0 aliphatic carbocycles. The zero-order valence-corrected chi connectivity index (χ0v) is 19.7. The quantitative estimate of drug-likeness (QED) is 0.268. The lowest BCUT2D eigenvalue weighted by Gasteiger charge is -2.08. The molecule has 0 N–H and O–H groups in total. The molecule has 0 unspecified atom stereocenters. The largest absolute Gasteiger partial charge is 0.452 e. The van der Waals surface area contributed by atoms with Gasteiger partial charge in [0.1, 0.15) is 16.8 Å². The van der Waals surface area contributed by atoms with Crippen molar-refractivity contribution in [1.82, 2.24) is 9.97 Å². The number of rotatable bonds is 4. The minimum absolute atomic E-state index is 0.700. The van der Waals surface area contributed by atoms with Crippen LogP contribution in [0.15, 0.2) is 114 Å². The van der Waals surface area contributed by atoms with E-state index in [9.17, 15) is 0 Å². The average molecular weight is 453 g/mol. The van der Waals surface area contributed by atoms with Crippen molar-refractivity contribution in [3.05, 3.63) is 115 Å². The lowest BCUT2D eigenvalue weighted by Crippen LogP contribution is -1.95. The number of hydrogen-bond acceptors (Lipinski definition) is 3. The summed E-state index contributed by atoms with van der Waals surface area (Å²) in [5.74, 6) is 0.700. The van der Waals surface area contributed by atoms with Crippen LogP contribution in [-0.2, 0) is 0 Å². The molecule has 35 heavy (non-hydrogen) atoms. The molecule has 4 aromatic carbocycles. The zero-order valence-electron chi connectivity index (χ0n) is 19.7. The normalized spacial score (nSPS) is 11.9. The minimum Gasteiger partial charge on any atom is -0.452 e. The van der Waals surface area contributed by atoms with E-state index in [-0.39, 0.29) is 0 Å². The van der Waals surface area contributed by atoms with Crippen LogP contribution in [-0.4, -0.2) is 9.97 Å². The van der Waals surface area contributed by atoms with Gasteiger partial charge in [0.25, 0.3) is 0 Å². The van der Waals surface area contributed by atoms with Crippen LogP contribution in [0.3, 0.4) is 0 Å². The van der Waals surface area contributed by atoms with Crippen LogP contribution in [0.1, 0.15) is 19.5 Å². The van der Waals surface area contributed by atoms with E-state index in [1.807, 2.05) is 31.2 Å². The lowest BCUT2D eigenvalue weighted by molar-refractivity contribution is 0.664. The van der Waals surface area contributed by atoms with Gasteiger partial charge in [-0.15, -0.1) is 0 Å². The fourth-order valence-corrected chi connectivity index (χ4v) is 4.42. The first kappa shape index (κ1) is 21.1. The number of para-hydroxylation sites is 1. The topological polar surface area (TPSA) is 38.9 Å². The zero-order chi connectivity index (χ0) is 23.8. The molecule has 6 aromatic rings. The molecular formula is C32H24N2O. The Balaban J connectivity index is 1.39. The highest BCUT2D eigenvalue weighted by Gasteiger charge is 2.17. The Hall–Kier alpha value is -4.50. The van der Waals surface area contributed by atoms with Gasteiger partial charge in [-0.1, -0.05) is 97.1 Å². The van der Waals surface area contributed by atoms with Crippen LogP contribution in [0.25, 0.3) is 61.3 Å². The number of nitrogens with zero attached hydrogens (tertiary/aromatic N) is 2. The van der Waals surface area contributed by atoms with Gasteiger partial charge < -0.3 is 4.42 Å². The maximum absolute atomic E-state index is 6.15. The molecule has 2 aromatic heterocycles. The Kier molecular flexibility index (Phi) is 5.23. The number of benzene rings is 4. The lowest BCUT2D eigenvalue weighted by atomic mass is 9.99. The Morgan fingerprint density at radius 2 is 1.17 bits per heavy atom. The molecule has 2 heterocycles. The third kappa shape index (κ3) is 3.81. The monoisotopic (exact) mass is 452 g/mol. The second-order valence-electron chi connectivity index (χ2n) is 8.66. The highest BCUT2D eigenvalue weighted by Crippen LogP contribution is 2.34. The van der Waals surface area contributed by atoms with E-state index in [2.05, 4.69) is 91.9 Å². The Bertz CT molecular complexity index is 1680. The third-order valence-corrected chi connectivity index (χ3v) is 6.49. The molecule has 0 bridgehead atoms. The molecule has 0 saturated heterocycles. The number of furan rings is 1. The summed E-state index contributed by atoms with van der Waals surface area (Å²) in [4.78, 5) is 9.84. The predicted octanol–water partition coefficient (Wildman–Crippen LogP) is 8.80. The fraction of sp³-hybridized carbons (Fsp3) is 0.0625. The highest BCUT2D eigenvalue weighted by molar-refractivity contribution is 6.05. The smallest absolute Gasteiger partial charge is 0.179 e. The maximum Gasteiger partial charge on any atom is 0.179 e. The second kappa shape index (κ2) is 8.69. The van der Waals surface area contributed by atoms with Gasteiger partial charge in [-0.2, -0.15) is 0 Å². The van der Waals surface area contributed by atoms with Gasteiger partial charge in [-0.3, -0.25) is 0 Å². The molecule has 0 aliphatic heterocycles. The summed E-state index contributed by atoms with van der Waals surface area (Å²) in [6.45, 7) is 4.07. The van der Waals surface area contributed by atoms with Gasteiger partial charge in [-0.25, -0.2) is 9.97 Å². The van der Waals surface area contributed by atoms with E-state index in [0.29, 0.717) is 5.82 Å². The molecule has 0 atom stereocenters. The Morgan fingerprint density at radius 1 is 0.629 bits per heavy atom. The van der Waals surface area contributed by atoms with E-state index < -0.39 is 0 Å². The van der Waals surface area contributed by atoms with Crippen LogP contribution in [0.2, 0.25) is 0 Å². The molecule has 0 aliphatic rings. The van der Waals surface area contributed by atoms with Crippen molar-refractivity contribution in [2.75, 3.05) is 0 Å². The van der Waals surface area contributed by atoms with Crippen molar-refractivity contribution < 1.29 is 4.42 Å². The van der Waals surface area contributed by atoms with Crippen molar-refractivity contribution in [2.45, 2.75) is 13.8 Å². The summed E-state index contributed by atoms with van der Waals surface area (Å²) in [5, 5.41) is 1.01. The van der Waals surface area contributed by atoms with Crippen LogP contribution in [0, 0.1) is 0 Å². The summed E-state index contributed by atoms with van der Waals surface area (Å²) < 4.78 is 6.15. The van der Waals surface area contributed by atoms with Crippen molar-refractivity contribution in [2.24, 2.45) is 0 Å². The van der Waals surface area contributed by atoms with Crippen molar-refractivity contribution >= 4 is 27.6 Å². The summed E-state index contributed by atoms with van der Waals surface area (Å²) >= 11 is 0. The first-order valence-electron chi connectivity index (χ1n) is 11.8. The highest BCUT2D eigenvalue weighted by atomic mass is 16.3. The average Bonchev–Trinajstić information content (AvgIpc) is 3.31. The molecule has 0 spiro atoms. The third-order valence-electron chi connectivity index (χ3n) is 6.49. The number of hydrogen-bond donors (Lipinski definition) is 0. The van der Waals surface area contributed by atoms with Gasteiger partial charge in [0, 0.05) is 10.9 Å². The first-order valence-corrected chi connectivity index (χ1v) is 11.8. The van der Waals surface area contributed by atoms with Crippen LogP contribution in [0.4, 0.5) is 0 Å². The fourth-order valence-electron chi connectivity index (χ4n) is 4.42. The van der Waals surface area contributed by atoms with Crippen molar-refractivity contribution in [1.29, 1.82) is 0 Å². The molecule has 168 valence electrons. The van der Waals surface area contributed by atoms with E-state index in [0.717, 1.165) is 44.5 Å². The van der Waals surface area contributed by atoms with Crippen molar-refractivity contribution in [3.8, 4) is 33.6 Å². The molecule has 0 amide bonds. The van der Waals surface area contributed by atoms with Gasteiger partial charge in [0.05, 0.1) is 0 Å². The van der Waals surface area contributed by atoms with Crippen LogP contribution >= 0.6 is 0 Å². The summed E-state index contributed by atoms with van der Waals surface area (Å²) in [6, 6.07) is 35.6. The second-order valence-corrected chi connectivity index (χ2v) is 8.66. The standard InChI is InChI=1S/C32H24N2O/c1-3-21(2)29-31-30(27-11-7-8-12-28(27)35-31)34-32(33-29)26-19-17-25(18-20-26)24-15-13-23(14-16-24)22-9-5-4-6-10-22/h3-20H,1-2H3. The molecule has 0 radical (unpaired) electrons. The van der Waals surface area contributed by atoms with Crippen LogP contribution < -0.4 is 0 Å². The maximum atomic E-state index is 6.15. The molecule has 3 nitrogen and oxygen atoms in total. The van der Waals surface area contributed by atoms with Gasteiger partial charge >= 0.3 is 0 Å². The number of fused-ring (bicyclic) bond motifs is 3. The number of aromatic nitrogens is 2. The summed E-state index contributed by atoms with van der Waals surface area (Å²) in [7, 11) is 0. The summed E-state index contributed by atoms with van der Waals surface area (Å²) in [5.41, 5.74) is 10.1. The molecular weight excluding hydrogens is 428 g/mol. The van der Waals surface area contributed by atoms with Crippen LogP contribution in [0.5, 0.6) is 0 Å². The van der Waals surface area contributed by atoms with E-state index in [4.69, 9.17) is 14.4 Å². The predicted molar refractivity (Wildman–Crippen MR) is 145 cm³/mol. The molecule has 0 saturated carbocycles. The Labute approximate surface area is 204 Å². The van der Waals surface area contributed by atoms with Gasteiger partial charge in [-0.05, 0) is 53.8 Å². The number of allylic oxidation sites excluding steroid dienone is 2.